The van der Waals surface area contributed by atoms with E-state index in [0.717, 1.165) is 50.8 Å². The molecule has 2 aliphatic heterocycles. The Labute approximate surface area is 141 Å². The van der Waals surface area contributed by atoms with Gasteiger partial charge in [0.25, 0.3) is 0 Å². The molecular weight excluding hydrogens is 308 g/mol. The van der Waals surface area contributed by atoms with Crippen molar-refractivity contribution in [3.05, 3.63) is 12.3 Å². The van der Waals surface area contributed by atoms with Crippen molar-refractivity contribution in [2.24, 2.45) is 11.8 Å². The van der Waals surface area contributed by atoms with Crippen LogP contribution < -0.4 is 9.80 Å². The first-order valence-corrected chi connectivity index (χ1v) is 8.97. The molecule has 4 atom stereocenters. The molecule has 24 heavy (non-hydrogen) atoms. The lowest BCUT2D eigenvalue weighted by molar-refractivity contribution is -0.0372. The van der Waals surface area contributed by atoms with Crippen LogP contribution in [-0.4, -0.2) is 69.8 Å². The lowest BCUT2D eigenvalue weighted by Crippen LogP contribution is -2.38. The molecule has 0 spiro atoms. The number of anilines is 2. The van der Waals surface area contributed by atoms with E-state index in [-0.39, 0.29) is 6.10 Å². The molecule has 132 valence electrons. The molecule has 0 aromatic carbocycles. The molecule has 0 bridgehead atoms. The highest BCUT2D eigenvalue weighted by atomic mass is 16.3. The van der Waals surface area contributed by atoms with Crippen LogP contribution >= 0.6 is 0 Å². The van der Waals surface area contributed by atoms with Crippen molar-refractivity contribution in [3.63, 3.8) is 0 Å². The quantitative estimate of drug-likeness (QED) is 0.701. The van der Waals surface area contributed by atoms with Crippen molar-refractivity contribution in [2.75, 3.05) is 36.0 Å². The third-order valence-electron chi connectivity index (χ3n) is 5.81. The van der Waals surface area contributed by atoms with Crippen molar-refractivity contribution in [1.29, 1.82) is 0 Å². The number of rotatable bonds is 2. The van der Waals surface area contributed by atoms with Gasteiger partial charge >= 0.3 is 0 Å². The predicted octanol–water partition coefficient (Wildman–Crippen LogP) is 0.00570. The Balaban J connectivity index is 1.46. The molecule has 1 aromatic heterocycles. The number of fused-ring (bicyclic) bond motifs is 1. The van der Waals surface area contributed by atoms with Crippen LogP contribution in [-0.2, 0) is 0 Å². The Morgan fingerprint density at radius 3 is 2.17 bits per heavy atom. The van der Waals surface area contributed by atoms with Gasteiger partial charge in [-0.2, -0.15) is 4.98 Å². The topological polar surface area (TPSA) is 93.0 Å². The van der Waals surface area contributed by atoms with Crippen molar-refractivity contribution in [3.8, 4) is 0 Å². The fourth-order valence-corrected chi connectivity index (χ4v) is 4.33. The highest BCUT2D eigenvalue weighted by molar-refractivity contribution is 5.45. The van der Waals surface area contributed by atoms with Crippen LogP contribution in [0.15, 0.2) is 12.3 Å². The van der Waals surface area contributed by atoms with Crippen molar-refractivity contribution < 1.29 is 15.3 Å². The van der Waals surface area contributed by atoms with E-state index in [1.807, 2.05) is 6.07 Å². The lowest BCUT2D eigenvalue weighted by Gasteiger charge is -2.31. The van der Waals surface area contributed by atoms with Gasteiger partial charge in [-0.1, -0.05) is 0 Å². The Morgan fingerprint density at radius 1 is 0.917 bits per heavy atom. The Morgan fingerprint density at radius 2 is 1.54 bits per heavy atom. The number of aliphatic hydroxyl groups excluding tert-OH is 3. The molecule has 7 heteroatoms. The second kappa shape index (κ2) is 6.46. The van der Waals surface area contributed by atoms with E-state index in [9.17, 15) is 15.3 Å². The molecule has 1 saturated carbocycles. The number of piperidine rings is 1. The third-order valence-corrected chi connectivity index (χ3v) is 5.81. The minimum atomic E-state index is -0.599. The minimum absolute atomic E-state index is 0.192. The van der Waals surface area contributed by atoms with Gasteiger partial charge in [-0.25, -0.2) is 4.98 Å². The summed E-state index contributed by atoms with van der Waals surface area (Å²) in [6.45, 7) is 3.33. The summed E-state index contributed by atoms with van der Waals surface area (Å²) in [5.74, 6) is 2.46. The molecule has 2 saturated heterocycles. The fourth-order valence-electron chi connectivity index (χ4n) is 4.33. The molecule has 1 aromatic rings. The van der Waals surface area contributed by atoms with Gasteiger partial charge in [-0.3, -0.25) is 0 Å². The van der Waals surface area contributed by atoms with Gasteiger partial charge < -0.3 is 25.1 Å². The number of hydrogen-bond acceptors (Lipinski definition) is 7. The van der Waals surface area contributed by atoms with Gasteiger partial charge in [0.2, 0.25) is 5.95 Å². The van der Waals surface area contributed by atoms with Gasteiger partial charge in [0.15, 0.2) is 0 Å². The van der Waals surface area contributed by atoms with Crippen LogP contribution in [0.1, 0.15) is 25.7 Å². The number of aromatic nitrogens is 2. The Hall–Kier alpha value is -1.44. The third kappa shape index (κ3) is 3.08. The second-order valence-corrected chi connectivity index (χ2v) is 7.46. The molecule has 3 heterocycles. The van der Waals surface area contributed by atoms with Crippen molar-refractivity contribution >= 4 is 11.8 Å². The summed E-state index contributed by atoms with van der Waals surface area (Å²) < 4.78 is 0. The van der Waals surface area contributed by atoms with E-state index in [2.05, 4.69) is 14.8 Å². The largest absolute Gasteiger partial charge is 0.393 e. The maximum atomic E-state index is 9.89. The summed E-state index contributed by atoms with van der Waals surface area (Å²) in [6.07, 6.45) is 3.29. The van der Waals surface area contributed by atoms with Crippen LogP contribution in [0.3, 0.4) is 0 Å². The summed E-state index contributed by atoms with van der Waals surface area (Å²) in [5.41, 5.74) is 0. The van der Waals surface area contributed by atoms with E-state index in [0.29, 0.717) is 24.7 Å². The zero-order chi connectivity index (χ0) is 16.7. The van der Waals surface area contributed by atoms with Gasteiger partial charge in [0.1, 0.15) is 5.82 Å². The average molecular weight is 334 g/mol. The van der Waals surface area contributed by atoms with Gasteiger partial charge in [0, 0.05) is 32.4 Å². The fraction of sp³-hybridized carbons (Fsp3) is 0.765. The SMILES string of the molecule is OC1CCN(c2ccnc(N3C[C@H]4C[C@H](O)[C@H](O)C[C@H]4C3)n2)CC1. The van der Waals surface area contributed by atoms with Crippen LogP contribution in [0, 0.1) is 11.8 Å². The smallest absolute Gasteiger partial charge is 0.227 e. The molecule has 0 radical (unpaired) electrons. The van der Waals surface area contributed by atoms with Crippen LogP contribution in [0.5, 0.6) is 0 Å². The zero-order valence-corrected chi connectivity index (χ0v) is 13.8. The lowest BCUT2D eigenvalue weighted by atomic mass is 9.79. The average Bonchev–Trinajstić information content (AvgIpc) is 2.99. The Bertz CT molecular complexity index is 561. The highest BCUT2D eigenvalue weighted by Crippen LogP contribution is 2.37. The van der Waals surface area contributed by atoms with E-state index in [1.54, 1.807) is 6.20 Å². The first-order chi connectivity index (χ1) is 11.6. The summed E-state index contributed by atoms with van der Waals surface area (Å²) in [7, 11) is 0. The molecule has 0 amide bonds. The molecule has 3 aliphatic rings. The Kier molecular flexibility index (Phi) is 4.32. The maximum Gasteiger partial charge on any atom is 0.227 e. The van der Waals surface area contributed by atoms with Crippen molar-refractivity contribution in [1.82, 2.24) is 9.97 Å². The zero-order valence-electron chi connectivity index (χ0n) is 13.8. The normalized spacial score (nSPS) is 34.5. The van der Waals surface area contributed by atoms with Crippen LogP contribution in [0.25, 0.3) is 0 Å². The first-order valence-electron chi connectivity index (χ1n) is 8.97. The van der Waals surface area contributed by atoms with Crippen molar-refractivity contribution in [2.45, 2.75) is 44.0 Å². The number of aliphatic hydroxyl groups is 3. The van der Waals surface area contributed by atoms with Crippen LogP contribution in [0.4, 0.5) is 11.8 Å². The standard InChI is InChI=1S/C17H26N4O3/c22-13-2-5-20(6-3-13)16-1-4-18-17(19-16)21-9-11-7-14(23)15(24)8-12(11)10-21/h1,4,11-15,22-24H,2-3,5-10H2/t11-,12+,14+,15-. The van der Waals surface area contributed by atoms with E-state index >= 15 is 0 Å². The minimum Gasteiger partial charge on any atom is -0.393 e. The van der Waals surface area contributed by atoms with E-state index < -0.39 is 12.2 Å². The highest BCUT2D eigenvalue weighted by Gasteiger charge is 2.41. The van der Waals surface area contributed by atoms with Gasteiger partial charge in [-0.05, 0) is 43.6 Å². The first kappa shape index (κ1) is 16.1. The maximum absolute atomic E-state index is 9.89. The van der Waals surface area contributed by atoms with Gasteiger partial charge in [-0.15, -0.1) is 0 Å². The number of hydrogen-bond donors (Lipinski definition) is 3. The predicted molar refractivity (Wildman–Crippen MR) is 89.9 cm³/mol. The summed E-state index contributed by atoms with van der Waals surface area (Å²) >= 11 is 0. The summed E-state index contributed by atoms with van der Waals surface area (Å²) in [5, 5.41) is 29.4. The van der Waals surface area contributed by atoms with E-state index in [1.165, 1.54) is 0 Å². The molecule has 0 unspecified atom stereocenters. The van der Waals surface area contributed by atoms with E-state index in [4.69, 9.17) is 4.98 Å². The molecule has 7 nitrogen and oxygen atoms in total. The molecule has 1 aliphatic carbocycles. The van der Waals surface area contributed by atoms with Gasteiger partial charge in [0.05, 0.1) is 18.3 Å². The molecule has 4 rings (SSSR count). The number of nitrogens with zero attached hydrogens (tertiary/aromatic N) is 4. The second-order valence-electron chi connectivity index (χ2n) is 7.46. The van der Waals surface area contributed by atoms with Crippen LogP contribution in [0.2, 0.25) is 0 Å². The summed E-state index contributed by atoms with van der Waals surface area (Å²) in [6, 6.07) is 1.93. The molecular formula is C17H26N4O3. The monoisotopic (exact) mass is 334 g/mol. The molecule has 3 N–H and O–H groups in total. The molecule has 3 fully saturated rings. The summed E-state index contributed by atoms with van der Waals surface area (Å²) in [4.78, 5) is 13.6.